The SMILES string of the molecule is CNCc1sc(Cc2ccc(F)cc2F)nc1COC. The zero-order valence-corrected chi connectivity index (χ0v) is 12.2. The average Bonchev–Trinajstić information content (AvgIpc) is 2.76. The summed E-state index contributed by atoms with van der Waals surface area (Å²) in [5, 5.41) is 3.87. The maximum atomic E-state index is 13.6. The molecule has 1 N–H and O–H groups in total. The molecule has 0 unspecified atom stereocenters. The first-order valence-corrected chi connectivity index (χ1v) is 7.00. The van der Waals surface area contributed by atoms with E-state index in [0.29, 0.717) is 25.1 Å². The fraction of sp³-hybridized carbons (Fsp3) is 0.357. The van der Waals surface area contributed by atoms with Crippen LogP contribution in [0.4, 0.5) is 8.78 Å². The molecular formula is C14H16F2N2OS. The molecule has 0 bridgehead atoms. The maximum absolute atomic E-state index is 13.6. The third-order valence-corrected chi connectivity index (χ3v) is 3.90. The Morgan fingerprint density at radius 1 is 1.35 bits per heavy atom. The Balaban J connectivity index is 2.22. The predicted octanol–water partition coefficient (Wildman–Crippen LogP) is 2.88. The van der Waals surface area contributed by atoms with Gasteiger partial charge in [0.1, 0.15) is 11.6 Å². The van der Waals surface area contributed by atoms with E-state index in [-0.39, 0.29) is 0 Å². The number of rotatable bonds is 6. The molecule has 0 aliphatic rings. The minimum atomic E-state index is -0.568. The van der Waals surface area contributed by atoms with Crippen LogP contribution >= 0.6 is 11.3 Å². The second-order valence-electron chi connectivity index (χ2n) is 4.35. The van der Waals surface area contributed by atoms with E-state index >= 15 is 0 Å². The molecule has 3 nitrogen and oxygen atoms in total. The Morgan fingerprint density at radius 3 is 2.80 bits per heavy atom. The van der Waals surface area contributed by atoms with Crippen molar-refractivity contribution >= 4 is 11.3 Å². The van der Waals surface area contributed by atoms with Crippen LogP contribution in [0, 0.1) is 11.6 Å². The van der Waals surface area contributed by atoms with Gasteiger partial charge < -0.3 is 10.1 Å². The van der Waals surface area contributed by atoms with Crippen molar-refractivity contribution in [3.05, 3.63) is 51.0 Å². The van der Waals surface area contributed by atoms with E-state index in [4.69, 9.17) is 4.74 Å². The molecule has 0 saturated heterocycles. The molecule has 0 radical (unpaired) electrons. The van der Waals surface area contributed by atoms with Crippen LogP contribution in [-0.4, -0.2) is 19.1 Å². The van der Waals surface area contributed by atoms with Crippen molar-refractivity contribution in [3.63, 3.8) is 0 Å². The number of hydrogen-bond acceptors (Lipinski definition) is 4. The van der Waals surface area contributed by atoms with E-state index in [1.807, 2.05) is 7.05 Å². The van der Waals surface area contributed by atoms with Gasteiger partial charge in [-0.15, -0.1) is 11.3 Å². The monoisotopic (exact) mass is 298 g/mol. The topological polar surface area (TPSA) is 34.2 Å². The fourth-order valence-corrected chi connectivity index (χ4v) is 3.00. The van der Waals surface area contributed by atoms with Crippen molar-refractivity contribution in [2.75, 3.05) is 14.2 Å². The second kappa shape index (κ2) is 6.88. The van der Waals surface area contributed by atoms with Gasteiger partial charge in [-0.2, -0.15) is 0 Å². The van der Waals surface area contributed by atoms with E-state index < -0.39 is 11.6 Å². The third kappa shape index (κ3) is 3.59. The lowest BCUT2D eigenvalue weighted by atomic mass is 10.1. The summed E-state index contributed by atoms with van der Waals surface area (Å²) in [7, 11) is 3.47. The Hall–Kier alpha value is -1.37. The quantitative estimate of drug-likeness (QED) is 0.890. The fourth-order valence-electron chi connectivity index (χ4n) is 1.89. The summed E-state index contributed by atoms with van der Waals surface area (Å²) in [6.07, 6.45) is 0.358. The number of aromatic nitrogens is 1. The Morgan fingerprint density at radius 2 is 2.15 bits per heavy atom. The standard InChI is InChI=1S/C14H16F2N2OS/c1-17-7-13-12(8-19-2)18-14(20-13)5-9-3-4-10(15)6-11(9)16/h3-4,6,17H,5,7-8H2,1-2H3. The molecule has 0 aliphatic carbocycles. The molecule has 1 aromatic carbocycles. The normalized spacial score (nSPS) is 11.0. The predicted molar refractivity (Wildman–Crippen MR) is 74.8 cm³/mol. The molecule has 0 atom stereocenters. The smallest absolute Gasteiger partial charge is 0.129 e. The molecule has 20 heavy (non-hydrogen) atoms. The summed E-state index contributed by atoms with van der Waals surface area (Å²) in [5.41, 5.74) is 1.31. The Bertz CT molecular complexity index is 563. The summed E-state index contributed by atoms with van der Waals surface area (Å²) >= 11 is 1.52. The van der Waals surface area contributed by atoms with Gasteiger partial charge in [0.2, 0.25) is 0 Å². The maximum Gasteiger partial charge on any atom is 0.129 e. The van der Waals surface area contributed by atoms with Crippen molar-refractivity contribution in [2.45, 2.75) is 19.6 Å². The molecule has 2 rings (SSSR count). The summed E-state index contributed by atoms with van der Waals surface area (Å²) in [6.45, 7) is 1.13. The summed E-state index contributed by atoms with van der Waals surface area (Å²) < 4.78 is 31.6. The molecule has 0 fully saturated rings. The molecule has 108 valence electrons. The van der Waals surface area contributed by atoms with Gasteiger partial charge in [0, 0.05) is 31.0 Å². The summed E-state index contributed by atoms with van der Waals surface area (Å²) in [6, 6.07) is 3.61. The average molecular weight is 298 g/mol. The first kappa shape index (κ1) is 15.0. The van der Waals surface area contributed by atoms with Gasteiger partial charge in [0.05, 0.1) is 17.3 Å². The molecule has 6 heteroatoms. The molecule has 0 aliphatic heterocycles. The first-order valence-electron chi connectivity index (χ1n) is 6.19. The van der Waals surface area contributed by atoms with Crippen molar-refractivity contribution < 1.29 is 13.5 Å². The van der Waals surface area contributed by atoms with Crippen LogP contribution in [-0.2, 0) is 24.3 Å². The second-order valence-corrected chi connectivity index (χ2v) is 5.52. The summed E-state index contributed by atoms with van der Waals surface area (Å²) in [5.74, 6) is -1.11. The molecule has 1 heterocycles. The van der Waals surface area contributed by atoms with Gasteiger partial charge in [-0.05, 0) is 18.7 Å². The van der Waals surface area contributed by atoms with Gasteiger partial charge in [-0.3, -0.25) is 0 Å². The van der Waals surface area contributed by atoms with Gasteiger partial charge >= 0.3 is 0 Å². The number of halogens is 2. The molecule has 1 aromatic heterocycles. The van der Waals surface area contributed by atoms with Crippen molar-refractivity contribution in [3.8, 4) is 0 Å². The van der Waals surface area contributed by atoms with E-state index in [0.717, 1.165) is 21.6 Å². The van der Waals surface area contributed by atoms with E-state index in [1.54, 1.807) is 7.11 Å². The van der Waals surface area contributed by atoms with Gasteiger partial charge in [-0.25, -0.2) is 13.8 Å². The van der Waals surface area contributed by atoms with Crippen LogP contribution in [0.1, 0.15) is 21.1 Å². The lowest BCUT2D eigenvalue weighted by Gasteiger charge is -2.00. The van der Waals surface area contributed by atoms with E-state index in [2.05, 4.69) is 10.3 Å². The van der Waals surface area contributed by atoms with Crippen molar-refractivity contribution in [2.24, 2.45) is 0 Å². The highest BCUT2D eigenvalue weighted by atomic mass is 32.1. The van der Waals surface area contributed by atoms with Crippen LogP contribution in [0.2, 0.25) is 0 Å². The minimum Gasteiger partial charge on any atom is -0.378 e. The number of hydrogen-bond donors (Lipinski definition) is 1. The van der Waals surface area contributed by atoms with Gasteiger partial charge in [0.15, 0.2) is 0 Å². The van der Waals surface area contributed by atoms with Gasteiger partial charge in [-0.1, -0.05) is 6.07 Å². The zero-order chi connectivity index (χ0) is 14.5. The molecule has 0 amide bonds. The molecule has 0 spiro atoms. The van der Waals surface area contributed by atoms with Crippen molar-refractivity contribution in [1.29, 1.82) is 0 Å². The van der Waals surface area contributed by atoms with E-state index in [9.17, 15) is 8.78 Å². The number of nitrogens with zero attached hydrogens (tertiary/aromatic N) is 1. The largest absolute Gasteiger partial charge is 0.378 e. The van der Waals surface area contributed by atoms with Crippen molar-refractivity contribution in [1.82, 2.24) is 10.3 Å². The Labute approximate surface area is 120 Å². The van der Waals surface area contributed by atoms with E-state index in [1.165, 1.54) is 23.5 Å². The number of benzene rings is 1. The highest BCUT2D eigenvalue weighted by Crippen LogP contribution is 2.23. The van der Waals surface area contributed by atoms with Crippen LogP contribution in [0.5, 0.6) is 0 Å². The number of nitrogens with one attached hydrogen (secondary N) is 1. The highest BCUT2D eigenvalue weighted by Gasteiger charge is 2.13. The molecule has 0 saturated carbocycles. The molecular weight excluding hydrogens is 282 g/mol. The lowest BCUT2D eigenvalue weighted by molar-refractivity contribution is 0.181. The van der Waals surface area contributed by atoms with Gasteiger partial charge in [0.25, 0.3) is 0 Å². The highest BCUT2D eigenvalue weighted by molar-refractivity contribution is 7.11. The van der Waals surface area contributed by atoms with Crippen LogP contribution < -0.4 is 5.32 Å². The minimum absolute atomic E-state index is 0.358. The van der Waals surface area contributed by atoms with Crippen LogP contribution in [0.15, 0.2) is 18.2 Å². The molecule has 2 aromatic rings. The zero-order valence-electron chi connectivity index (χ0n) is 11.4. The van der Waals surface area contributed by atoms with Crippen LogP contribution in [0.3, 0.4) is 0 Å². The summed E-state index contributed by atoms with van der Waals surface area (Å²) in [4.78, 5) is 5.55. The third-order valence-electron chi connectivity index (χ3n) is 2.80. The lowest BCUT2D eigenvalue weighted by Crippen LogP contribution is -2.06. The number of ether oxygens (including phenoxy) is 1. The number of thiazole rings is 1. The Kier molecular flexibility index (Phi) is 5.17. The van der Waals surface area contributed by atoms with Crippen LogP contribution in [0.25, 0.3) is 0 Å². The first-order chi connectivity index (χ1) is 9.63. The number of methoxy groups -OCH3 is 1.